The third kappa shape index (κ3) is 5.35. The van der Waals surface area contributed by atoms with Crippen molar-refractivity contribution in [2.75, 3.05) is 23.8 Å². The molecule has 25 heavy (non-hydrogen) atoms. The number of hydrogen-bond donors (Lipinski definition) is 2. The van der Waals surface area contributed by atoms with Crippen LogP contribution in [-0.4, -0.2) is 25.0 Å². The lowest BCUT2D eigenvalue weighted by atomic mass is 10.1. The number of rotatable bonds is 7. The van der Waals surface area contributed by atoms with E-state index in [2.05, 4.69) is 10.6 Å². The van der Waals surface area contributed by atoms with Crippen LogP contribution in [0, 0.1) is 13.8 Å². The Labute approximate surface area is 148 Å². The number of hydrogen-bond acceptors (Lipinski definition) is 4. The van der Waals surface area contributed by atoms with Gasteiger partial charge in [-0.3, -0.25) is 4.79 Å². The molecule has 0 aliphatic heterocycles. The summed E-state index contributed by atoms with van der Waals surface area (Å²) in [7, 11) is 0. The molecule has 0 radical (unpaired) electrons. The molecule has 5 nitrogen and oxygen atoms in total. The van der Waals surface area contributed by atoms with E-state index in [9.17, 15) is 9.59 Å². The van der Waals surface area contributed by atoms with Gasteiger partial charge >= 0.3 is 5.97 Å². The van der Waals surface area contributed by atoms with Gasteiger partial charge < -0.3 is 15.4 Å². The van der Waals surface area contributed by atoms with Crippen LogP contribution in [0.4, 0.5) is 11.4 Å². The Hall–Kier alpha value is -2.82. The van der Waals surface area contributed by atoms with Gasteiger partial charge in [-0.05, 0) is 56.2 Å². The minimum absolute atomic E-state index is 0.0809. The number of benzene rings is 2. The minimum atomic E-state index is -0.363. The number of nitrogens with one attached hydrogen (secondary N) is 2. The van der Waals surface area contributed by atoms with Crippen LogP contribution in [0.2, 0.25) is 0 Å². The van der Waals surface area contributed by atoms with E-state index >= 15 is 0 Å². The number of anilines is 2. The molecular formula is C20H24N2O3. The van der Waals surface area contributed by atoms with Crippen LogP contribution >= 0.6 is 0 Å². The molecule has 2 aromatic rings. The molecule has 0 unspecified atom stereocenters. The second-order valence-electron chi connectivity index (χ2n) is 5.79. The van der Waals surface area contributed by atoms with E-state index in [1.54, 1.807) is 31.2 Å². The highest BCUT2D eigenvalue weighted by Gasteiger charge is 2.08. The van der Waals surface area contributed by atoms with Gasteiger partial charge in [-0.1, -0.05) is 18.2 Å². The molecular weight excluding hydrogens is 316 g/mol. The van der Waals surface area contributed by atoms with Crippen molar-refractivity contribution in [1.29, 1.82) is 0 Å². The van der Waals surface area contributed by atoms with E-state index in [1.807, 2.05) is 32.0 Å². The zero-order valence-electron chi connectivity index (χ0n) is 14.9. The highest BCUT2D eigenvalue weighted by molar-refractivity contribution is 5.93. The average Bonchev–Trinajstić information content (AvgIpc) is 2.58. The normalized spacial score (nSPS) is 10.2. The van der Waals surface area contributed by atoms with Gasteiger partial charge in [0, 0.05) is 24.3 Å². The van der Waals surface area contributed by atoms with Crippen molar-refractivity contribution in [3.8, 4) is 0 Å². The Morgan fingerprint density at radius 2 is 1.64 bits per heavy atom. The minimum Gasteiger partial charge on any atom is -0.462 e. The summed E-state index contributed by atoms with van der Waals surface area (Å²) in [5.74, 6) is -0.444. The van der Waals surface area contributed by atoms with Crippen LogP contribution in [0.15, 0.2) is 42.5 Å². The molecule has 0 aliphatic rings. The Kier molecular flexibility index (Phi) is 6.57. The fourth-order valence-electron chi connectivity index (χ4n) is 2.52. The van der Waals surface area contributed by atoms with Crippen molar-refractivity contribution < 1.29 is 14.3 Å². The standard InChI is InChI=1S/C20H24N2O3/c1-4-25-20(24)16-8-10-17(11-9-16)22-18(23)12-13-21-19-14(2)6-5-7-15(19)3/h5-11,21H,4,12-13H2,1-3H3,(H,22,23). The Morgan fingerprint density at radius 3 is 2.24 bits per heavy atom. The molecule has 0 aromatic heterocycles. The van der Waals surface area contributed by atoms with E-state index in [1.165, 1.54) is 0 Å². The summed E-state index contributed by atoms with van der Waals surface area (Å²) in [6.45, 7) is 6.74. The van der Waals surface area contributed by atoms with Crippen LogP contribution in [0.1, 0.15) is 34.8 Å². The fraction of sp³-hybridized carbons (Fsp3) is 0.300. The largest absolute Gasteiger partial charge is 0.462 e. The van der Waals surface area contributed by atoms with Crippen molar-refractivity contribution in [3.05, 3.63) is 59.2 Å². The zero-order chi connectivity index (χ0) is 18.2. The molecule has 0 fully saturated rings. The first kappa shape index (κ1) is 18.5. The first-order valence-electron chi connectivity index (χ1n) is 8.38. The van der Waals surface area contributed by atoms with Crippen molar-refractivity contribution in [2.24, 2.45) is 0 Å². The SMILES string of the molecule is CCOC(=O)c1ccc(NC(=O)CCNc2c(C)cccc2C)cc1. The molecule has 0 bridgehead atoms. The summed E-state index contributed by atoms with van der Waals surface area (Å²) in [5, 5.41) is 6.14. The molecule has 2 N–H and O–H groups in total. The van der Waals surface area contributed by atoms with Crippen LogP contribution in [0.5, 0.6) is 0 Å². The molecule has 132 valence electrons. The Balaban J connectivity index is 1.83. The van der Waals surface area contributed by atoms with Gasteiger partial charge in [0.15, 0.2) is 0 Å². The lowest BCUT2D eigenvalue weighted by Crippen LogP contribution is -2.17. The Morgan fingerprint density at radius 1 is 1.00 bits per heavy atom. The van der Waals surface area contributed by atoms with Crippen LogP contribution in [0.25, 0.3) is 0 Å². The maximum atomic E-state index is 12.1. The van der Waals surface area contributed by atoms with Gasteiger partial charge in [-0.2, -0.15) is 0 Å². The number of para-hydroxylation sites is 1. The second kappa shape index (κ2) is 8.87. The van der Waals surface area contributed by atoms with E-state index < -0.39 is 0 Å². The number of carbonyl (C=O) groups excluding carboxylic acids is 2. The molecule has 2 aromatic carbocycles. The summed E-state index contributed by atoms with van der Waals surface area (Å²) >= 11 is 0. The second-order valence-corrected chi connectivity index (χ2v) is 5.79. The Bertz CT molecular complexity index is 719. The maximum absolute atomic E-state index is 12.1. The van der Waals surface area contributed by atoms with Crippen LogP contribution in [-0.2, 0) is 9.53 Å². The lowest BCUT2D eigenvalue weighted by Gasteiger charge is -2.12. The average molecular weight is 340 g/mol. The summed E-state index contributed by atoms with van der Waals surface area (Å²) in [6.07, 6.45) is 0.355. The van der Waals surface area contributed by atoms with E-state index in [4.69, 9.17) is 4.74 Å². The van der Waals surface area contributed by atoms with E-state index in [0.29, 0.717) is 30.8 Å². The molecule has 2 rings (SSSR count). The monoisotopic (exact) mass is 340 g/mol. The quantitative estimate of drug-likeness (QED) is 0.750. The molecule has 1 amide bonds. The van der Waals surface area contributed by atoms with Gasteiger partial charge in [0.2, 0.25) is 5.91 Å². The number of esters is 1. The summed E-state index contributed by atoms with van der Waals surface area (Å²) in [4.78, 5) is 23.6. The molecule has 0 atom stereocenters. The van der Waals surface area contributed by atoms with Crippen molar-refractivity contribution in [3.63, 3.8) is 0 Å². The van der Waals surface area contributed by atoms with Crippen LogP contribution < -0.4 is 10.6 Å². The number of aryl methyl sites for hydroxylation is 2. The summed E-state index contributed by atoms with van der Waals surface area (Å²) < 4.78 is 4.93. The predicted octanol–water partition coefficient (Wildman–Crippen LogP) is 3.92. The zero-order valence-corrected chi connectivity index (χ0v) is 14.9. The van der Waals surface area contributed by atoms with Gasteiger partial charge in [-0.15, -0.1) is 0 Å². The van der Waals surface area contributed by atoms with E-state index in [-0.39, 0.29) is 11.9 Å². The van der Waals surface area contributed by atoms with Crippen molar-refractivity contribution in [1.82, 2.24) is 0 Å². The number of carbonyl (C=O) groups is 2. The number of ether oxygens (including phenoxy) is 1. The lowest BCUT2D eigenvalue weighted by molar-refractivity contribution is -0.115. The smallest absolute Gasteiger partial charge is 0.338 e. The molecule has 0 heterocycles. The predicted molar refractivity (Wildman–Crippen MR) is 100 cm³/mol. The molecule has 0 saturated heterocycles. The molecule has 5 heteroatoms. The van der Waals surface area contributed by atoms with Crippen molar-refractivity contribution >= 4 is 23.3 Å². The maximum Gasteiger partial charge on any atom is 0.338 e. The molecule has 0 spiro atoms. The first-order valence-corrected chi connectivity index (χ1v) is 8.38. The van der Waals surface area contributed by atoms with Gasteiger partial charge in [-0.25, -0.2) is 4.79 Å². The molecule has 0 saturated carbocycles. The van der Waals surface area contributed by atoms with Crippen LogP contribution in [0.3, 0.4) is 0 Å². The summed E-state index contributed by atoms with van der Waals surface area (Å²) in [5.41, 5.74) is 4.53. The van der Waals surface area contributed by atoms with Gasteiger partial charge in [0.05, 0.1) is 12.2 Å². The number of amides is 1. The van der Waals surface area contributed by atoms with Gasteiger partial charge in [0.25, 0.3) is 0 Å². The van der Waals surface area contributed by atoms with Crippen molar-refractivity contribution in [2.45, 2.75) is 27.2 Å². The summed E-state index contributed by atoms with van der Waals surface area (Å²) in [6, 6.07) is 12.8. The third-order valence-electron chi connectivity index (χ3n) is 3.81. The topological polar surface area (TPSA) is 67.4 Å². The van der Waals surface area contributed by atoms with E-state index in [0.717, 1.165) is 16.8 Å². The molecule has 0 aliphatic carbocycles. The fourth-order valence-corrected chi connectivity index (χ4v) is 2.52. The highest BCUT2D eigenvalue weighted by atomic mass is 16.5. The third-order valence-corrected chi connectivity index (χ3v) is 3.81. The van der Waals surface area contributed by atoms with Gasteiger partial charge in [0.1, 0.15) is 0 Å². The first-order chi connectivity index (χ1) is 12.0. The highest BCUT2D eigenvalue weighted by Crippen LogP contribution is 2.19.